The minimum absolute atomic E-state index is 0.101. The zero-order valence-electron chi connectivity index (χ0n) is 23.8. The van der Waals surface area contributed by atoms with Crippen molar-refractivity contribution in [3.05, 3.63) is 127 Å². The van der Waals surface area contributed by atoms with Gasteiger partial charge in [-0.15, -0.1) is 11.3 Å². The number of aromatic nitrogens is 2. The first-order valence-electron chi connectivity index (χ1n) is 14.1. The van der Waals surface area contributed by atoms with Gasteiger partial charge in [-0.05, 0) is 77.7 Å². The molecule has 0 bridgehead atoms. The van der Waals surface area contributed by atoms with Crippen LogP contribution in [0.4, 0.5) is 0 Å². The average molecular weight is 636 g/mol. The van der Waals surface area contributed by atoms with Crippen molar-refractivity contribution in [2.45, 2.75) is 28.3 Å². The standard InChI is InChI=1S/C34H25N3O4S3/c1-39-25-15-12-20(17-26(25)40-2)31-23-14-11-19-7-3-4-8-22(19)30(23)36-33-37(31)32(38)28(42-33)18-21-13-16-29(41-21)44-34-35-24-9-5-6-10-27(24)43-34/h3-10,12-13,15-18,31H,11,14H2,1-2H3/b28-18-/t31-/m1/s1. The van der Waals surface area contributed by atoms with Gasteiger partial charge in [0.1, 0.15) is 5.76 Å². The van der Waals surface area contributed by atoms with E-state index in [-0.39, 0.29) is 11.6 Å². The predicted octanol–water partition coefficient (Wildman–Crippen LogP) is 6.69. The van der Waals surface area contributed by atoms with Gasteiger partial charge in [0.05, 0.1) is 40.7 Å². The van der Waals surface area contributed by atoms with Crippen molar-refractivity contribution >= 4 is 56.4 Å². The smallest absolute Gasteiger partial charge is 0.271 e. The summed E-state index contributed by atoms with van der Waals surface area (Å²) in [7, 11) is 3.25. The van der Waals surface area contributed by atoms with E-state index >= 15 is 0 Å². The first-order chi connectivity index (χ1) is 21.6. The summed E-state index contributed by atoms with van der Waals surface area (Å²) in [6.07, 6.45) is 3.51. The molecule has 0 amide bonds. The molecule has 0 N–H and O–H groups in total. The highest BCUT2D eigenvalue weighted by molar-refractivity contribution is 8.01. The van der Waals surface area contributed by atoms with Crippen LogP contribution < -0.4 is 24.4 Å². The van der Waals surface area contributed by atoms with Crippen molar-refractivity contribution in [2.24, 2.45) is 4.99 Å². The van der Waals surface area contributed by atoms with Crippen LogP contribution in [0.1, 0.15) is 34.9 Å². The zero-order chi connectivity index (χ0) is 29.8. The van der Waals surface area contributed by atoms with Crippen LogP contribution in [0, 0.1) is 0 Å². The molecule has 0 radical (unpaired) electrons. The molecule has 10 heteroatoms. The molecule has 218 valence electrons. The fraction of sp³-hybridized carbons (Fsp3) is 0.147. The number of fused-ring (bicyclic) bond motifs is 4. The lowest BCUT2D eigenvalue weighted by Crippen LogP contribution is -2.38. The molecule has 44 heavy (non-hydrogen) atoms. The molecule has 0 saturated carbocycles. The number of hydrogen-bond acceptors (Lipinski definition) is 9. The Bertz CT molecular complexity index is 2260. The van der Waals surface area contributed by atoms with Gasteiger partial charge in [-0.25, -0.2) is 9.98 Å². The first-order valence-corrected chi connectivity index (χ1v) is 16.5. The molecule has 0 fully saturated rings. The Balaban J connectivity index is 1.23. The summed E-state index contributed by atoms with van der Waals surface area (Å²) in [6.45, 7) is 0. The normalized spacial score (nSPS) is 16.0. The average Bonchev–Trinajstić information content (AvgIpc) is 3.76. The Morgan fingerprint density at radius 1 is 0.955 bits per heavy atom. The molecule has 1 aliphatic carbocycles. The van der Waals surface area contributed by atoms with Crippen LogP contribution in [0.3, 0.4) is 0 Å². The van der Waals surface area contributed by atoms with Crippen LogP contribution in [-0.2, 0) is 6.42 Å². The van der Waals surface area contributed by atoms with E-state index in [0.29, 0.717) is 26.6 Å². The quantitative estimate of drug-likeness (QED) is 0.203. The zero-order valence-corrected chi connectivity index (χ0v) is 26.2. The number of ether oxygens (including phenoxy) is 2. The number of furan rings is 1. The van der Waals surface area contributed by atoms with Gasteiger partial charge in [0.25, 0.3) is 5.56 Å². The van der Waals surface area contributed by atoms with Gasteiger partial charge in [-0.1, -0.05) is 53.8 Å². The number of benzene rings is 3. The van der Waals surface area contributed by atoms with Crippen LogP contribution in [0.15, 0.2) is 108 Å². The summed E-state index contributed by atoms with van der Waals surface area (Å²) in [5.41, 5.74) is 6.30. The number of rotatable bonds is 6. The monoisotopic (exact) mass is 635 g/mol. The molecule has 0 saturated heterocycles. The summed E-state index contributed by atoms with van der Waals surface area (Å²) >= 11 is 4.49. The molecule has 6 aromatic rings. The maximum absolute atomic E-state index is 14.1. The molecule has 1 atom stereocenters. The molecular formula is C34H25N3O4S3. The summed E-state index contributed by atoms with van der Waals surface area (Å²) < 4.78 is 21.7. The number of aryl methyl sites for hydroxylation is 1. The maximum atomic E-state index is 14.1. The van der Waals surface area contributed by atoms with E-state index in [1.807, 2.05) is 65.2 Å². The topological polar surface area (TPSA) is 78.9 Å². The number of para-hydroxylation sites is 1. The largest absolute Gasteiger partial charge is 0.493 e. The first kappa shape index (κ1) is 27.2. The third kappa shape index (κ3) is 4.61. The van der Waals surface area contributed by atoms with Crippen molar-refractivity contribution < 1.29 is 13.9 Å². The Morgan fingerprint density at radius 3 is 2.66 bits per heavy atom. The molecule has 8 rings (SSSR count). The second kappa shape index (κ2) is 11.0. The third-order valence-corrected chi connectivity index (χ3v) is 10.9. The summed E-state index contributed by atoms with van der Waals surface area (Å²) in [5, 5.41) is 0.721. The fourth-order valence-corrected chi connectivity index (χ4v) is 8.87. The van der Waals surface area contributed by atoms with E-state index in [0.717, 1.165) is 54.9 Å². The summed E-state index contributed by atoms with van der Waals surface area (Å²) in [6, 6.07) is 25.8. The SMILES string of the molecule is COc1ccc([C@@H]2C3=C(N=c4s/c(=C\c5ccc(Sc6nc7ccccc7s6)o5)c(=O)n42)c2ccccc2CC3)cc1OC. The molecule has 0 unspecified atom stereocenters. The lowest BCUT2D eigenvalue weighted by atomic mass is 9.83. The van der Waals surface area contributed by atoms with Crippen LogP contribution in [0.5, 0.6) is 11.5 Å². The Labute approximate surface area is 264 Å². The van der Waals surface area contributed by atoms with Gasteiger partial charge in [-0.3, -0.25) is 9.36 Å². The van der Waals surface area contributed by atoms with Crippen LogP contribution >= 0.6 is 34.4 Å². The number of thiazole rings is 2. The van der Waals surface area contributed by atoms with Crippen LogP contribution in [-0.4, -0.2) is 23.8 Å². The highest BCUT2D eigenvalue weighted by Gasteiger charge is 2.33. The van der Waals surface area contributed by atoms with Crippen molar-refractivity contribution in [3.8, 4) is 11.5 Å². The predicted molar refractivity (Wildman–Crippen MR) is 175 cm³/mol. The second-order valence-electron chi connectivity index (χ2n) is 10.4. The number of nitrogens with zero attached hydrogens (tertiary/aromatic N) is 3. The minimum Gasteiger partial charge on any atom is -0.493 e. The molecular weight excluding hydrogens is 611 g/mol. The van der Waals surface area contributed by atoms with Crippen LogP contribution in [0.25, 0.3) is 22.0 Å². The van der Waals surface area contributed by atoms with E-state index in [1.165, 1.54) is 28.7 Å². The van der Waals surface area contributed by atoms with Gasteiger partial charge in [0.2, 0.25) is 0 Å². The molecule has 0 spiro atoms. The Kier molecular flexibility index (Phi) is 6.77. The number of methoxy groups -OCH3 is 2. The van der Waals surface area contributed by atoms with Crippen molar-refractivity contribution in [1.82, 2.24) is 9.55 Å². The van der Waals surface area contributed by atoms with Gasteiger partial charge in [0, 0.05) is 11.6 Å². The van der Waals surface area contributed by atoms with Crippen molar-refractivity contribution in [2.75, 3.05) is 14.2 Å². The summed E-state index contributed by atoms with van der Waals surface area (Å²) in [5.74, 6) is 1.87. The molecule has 2 aliphatic rings. The Hall–Kier alpha value is -4.38. The van der Waals surface area contributed by atoms with E-state index in [4.69, 9.17) is 23.9 Å². The highest BCUT2D eigenvalue weighted by Crippen LogP contribution is 2.43. The molecule has 3 aromatic carbocycles. The van der Waals surface area contributed by atoms with Gasteiger partial charge < -0.3 is 13.9 Å². The summed E-state index contributed by atoms with van der Waals surface area (Å²) in [4.78, 5) is 24.6. The van der Waals surface area contributed by atoms with E-state index < -0.39 is 0 Å². The van der Waals surface area contributed by atoms with Gasteiger partial charge in [0.15, 0.2) is 25.7 Å². The lowest BCUT2D eigenvalue weighted by Gasteiger charge is -2.31. The number of hydrogen-bond donors (Lipinski definition) is 0. The second-order valence-corrected chi connectivity index (χ2v) is 13.7. The third-order valence-electron chi connectivity index (χ3n) is 7.93. The van der Waals surface area contributed by atoms with Crippen molar-refractivity contribution in [1.29, 1.82) is 0 Å². The van der Waals surface area contributed by atoms with Crippen molar-refractivity contribution in [3.63, 3.8) is 0 Å². The van der Waals surface area contributed by atoms with Gasteiger partial charge >= 0.3 is 0 Å². The molecule has 4 heterocycles. The lowest BCUT2D eigenvalue weighted by molar-refractivity contribution is 0.354. The van der Waals surface area contributed by atoms with E-state index in [2.05, 4.69) is 24.3 Å². The van der Waals surface area contributed by atoms with Gasteiger partial charge in [-0.2, -0.15) is 0 Å². The molecule has 7 nitrogen and oxygen atoms in total. The highest BCUT2D eigenvalue weighted by atomic mass is 32.2. The van der Waals surface area contributed by atoms with Crippen LogP contribution in [0.2, 0.25) is 0 Å². The molecule has 1 aliphatic heterocycles. The number of allylic oxidation sites excluding steroid dienone is 1. The minimum atomic E-state index is -0.321. The Morgan fingerprint density at radius 2 is 1.80 bits per heavy atom. The van der Waals surface area contributed by atoms with E-state index in [9.17, 15) is 4.79 Å². The maximum Gasteiger partial charge on any atom is 0.271 e. The van der Waals surface area contributed by atoms with E-state index in [1.54, 1.807) is 25.6 Å². The fourth-order valence-electron chi connectivity index (χ4n) is 5.92. The molecule has 3 aromatic heterocycles.